The number of benzene rings is 2. The molecule has 0 saturated heterocycles. The standard InChI is InChI=1S/C20H19Cl2N3O/c1-3-24(4-2)20(26)19-13-18(14-8-6-5-7-9-14)23-25(19)15-10-11-16(21)17(22)12-15/h5-13H,3-4H2,1-2H3. The molecule has 3 rings (SSSR count). The molecule has 1 amide bonds. The Kier molecular flexibility index (Phi) is 5.64. The molecule has 0 saturated carbocycles. The number of nitrogens with zero attached hydrogens (tertiary/aromatic N) is 3. The predicted molar refractivity (Wildman–Crippen MR) is 106 cm³/mol. The molecule has 0 bridgehead atoms. The molecule has 0 aliphatic rings. The first-order valence-corrected chi connectivity index (χ1v) is 9.21. The summed E-state index contributed by atoms with van der Waals surface area (Å²) in [6.07, 6.45) is 0. The molecule has 4 nitrogen and oxygen atoms in total. The molecule has 0 N–H and O–H groups in total. The zero-order chi connectivity index (χ0) is 18.7. The maximum atomic E-state index is 13.0. The fourth-order valence-corrected chi connectivity index (χ4v) is 3.06. The van der Waals surface area contributed by atoms with Crippen molar-refractivity contribution in [1.82, 2.24) is 14.7 Å². The van der Waals surface area contributed by atoms with Gasteiger partial charge in [-0.05, 0) is 38.1 Å². The number of rotatable bonds is 5. The van der Waals surface area contributed by atoms with E-state index in [-0.39, 0.29) is 5.91 Å². The Hall–Kier alpha value is -2.30. The van der Waals surface area contributed by atoms with Gasteiger partial charge in [0, 0.05) is 18.7 Å². The number of carbonyl (C=O) groups is 1. The fraction of sp³-hybridized carbons (Fsp3) is 0.200. The summed E-state index contributed by atoms with van der Waals surface area (Å²) >= 11 is 12.2. The Bertz CT molecular complexity index is 918. The van der Waals surface area contributed by atoms with Crippen LogP contribution in [0.25, 0.3) is 16.9 Å². The van der Waals surface area contributed by atoms with Gasteiger partial charge in [0.05, 0.1) is 21.4 Å². The minimum absolute atomic E-state index is 0.0734. The van der Waals surface area contributed by atoms with Gasteiger partial charge in [0.15, 0.2) is 0 Å². The van der Waals surface area contributed by atoms with E-state index in [1.54, 1.807) is 27.8 Å². The van der Waals surface area contributed by atoms with Gasteiger partial charge in [0.25, 0.3) is 5.91 Å². The lowest BCUT2D eigenvalue weighted by Gasteiger charge is -2.19. The molecule has 1 heterocycles. The van der Waals surface area contributed by atoms with Gasteiger partial charge in [-0.3, -0.25) is 4.79 Å². The molecule has 3 aromatic rings. The average molecular weight is 388 g/mol. The molecule has 0 fully saturated rings. The third-order valence-corrected chi connectivity index (χ3v) is 4.94. The van der Waals surface area contributed by atoms with Crippen LogP contribution in [0.15, 0.2) is 54.6 Å². The molecule has 2 aromatic carbocycles. The number of halogens is 2. The summed E-state index contributed by atoms with van der Waals surface area (Å²) < 4.78 is 1.63. The minimum atomic E-state index is -0.0734. The normalized spacial score (nSPS) is 10.8. The number of amides is 1. The Morgan fingerprint density at radius 2 is 1.69 bits per heavy atom. The predicted octanol–water partition coefficient (Wildman–Crippen LogP) is 5.33. The highest BCUT2D eigenvalue weighted by Gasteiger charge is 2.21. The summed E-state index contributed by atoms with van der Waals surface area (Å²) in [5.74, 6) is -0.0734. The van der Waals surface area contributed by atoms with Gasteiger partial charge in [-0.25, -0.2) is 4.68 Å². The summed E-state index contributed by atoms with van der Waals surface area (Å²) in [6.45, 7) is 5.17. The van der Waals surface area contributed by atoms with Gasteiger partial charge in [-0.1, -0.05) is 53.5 Å². The van der Waals surface area contributed by atoms with E-state index in [2.05, 4.69) is 5.10 Å². The van der Waals surface area contributed by atoms with Crippen LogP contribution in [0.2, 0.25) is 10.0 Å². The quantitative estimate of drug-likeness (QED) is 0.593. The van der Waals surface area contributed by atoms with Crippen molar-refractivity contribution in [1.29, 1.82) is 0 Å². The van der Waals surface area contributed by atoms with E-state index in [4.69, 9.17) is 23.2 Å². The molecule has 0 atom stereocenters. The number of hydrogen-bond donors (Lipinski definition) is 0. The lowest BCUT2D eigenvalue weighted by molar-refractivity contribution is 0.0764. The van der Waals surface area contributed by atoms with E-state index < -0.39 is 0 Å². The van der Waals surface area contributed by atoms with Crippen LogP contribution in [0, 0.1) is 0 Å². The lowest BCUT2D eigenvalue weighted by atomic mass is 10.1. The Morgan fingerprint density at radius 1 is 1.00 bits per heavy atom. The van der Waals surface area contributed by atoms with Crippen LogP contribution < -0.4 is 0 Å². The highest BCUT2D eigenvalue weighted by Crippen LogP contribution is 2.27. The van der Waals surface area contributed by atoms with E-state index in [0.717, 1.165) is 11.3 Å². The lowest BCUT2D eigenvalue weighted by Crippen LogP contribution is -2.32. The number of aromatic nitrogens is 2. The maximum absolute atomic E-state index is 13.0. The van der Waals surface area contributed by atoms with Crippen molar-refractivity contribution in [3.8, 4) is 16.9 Å². The topological polar surface area (TPSA) is 38.1 Å². The zero-order valence-electron chi connectivity index (χ0n) is 14.6. The summed E-state index contributed by atoms with van der Waals surface area (Å²) in [7, 11) is 0. The Balaban J connectivity index is 2.15. The van der Waals surface area contributed by atoms with E-state index in [1.165, 1.54) is 0 Å². The summed E-state index contributed by atoms with van der Waals surface area (Å²) in [5, 5.41) is 5.54. The molecule has 0 unspecified atom stereocenters. The molecule has 0 radical (unpaired) electrons. The number of hydrogen-bond acceptors (Lipinski definition) is 2. The van der Waals surface area contributed by atoms with Crippen LogP contribution in [-0.4, -0.2) is 33.7 Å². The summed E-state index contributed by atoms with van der Waals surface area (Å²) in [5.41, 5.74) is 2.86. The van der Waals surface area contributed by atoms with Crippen LogP contribution in [-0.2, 0) is 0 Å². The van der Waals surface area contributed by atoms with E-state index >= 15 is 0 Å². The average Bonchev–Trinajstić information content (AvgIpc) is 3.11. The second-order valence-electron chi connectivity index (χ2n) is 5.77. The first-order valence-electron chi connectivity index (χ1n) is 8.45. The Morgan fingerprint density at radius 3 is 2.31 bits per heavy atom. The van der Waals surface area contributed by atoms with Crippen molar-refractivity contribution in [2.75, 3.05) is 13.1 Å². The molecule has 134 valence electrons. The van der Waals surface area contributed by atoms with Crippen molar-refractivity contribution in [2.24, 2.45) is 0 Å². The summed E-state index contributed by atoms with van der Waals surface area (Å²) in [4.78, 5) is 14.8. The van der Waals surface area contributed by atoms with Gasteiger partial charge in [0.1, 0.15) is 5.69 Å². The largest absolute Gasteiger partial charge is 0.338 e. The zero-order valence-corrected chi connectivity index (χ0v) is 16.1. The molecule has 6 heteroatoms. The van der Waals surface area contributed by atoms with Crippen molar-refractivity contribution < 1.29 is 4.79 Å². The maximum Gasteiger partial charge on any atom is 0.272 e. The molecular formula is C20H19Cl2N3O. The van der Waals surface area contributed by atoms with Crippen molar-refractivity contribution in [3.05, 3.63) is 70.3 Å². The van der Waals surface area contributed by atoms with Crippen LogP contribution in [0.5, 0.6) is 0 Å². The van der Waals surface area contributed by atoms with Crippen LogP contribution in [0.1, 0.15) is 24.3 Å². The third-order valence-electron chi connectivity index (χ3n) is 4.20. The molecule has 0 aliphatic heterocycles. The van der Waals surface area contributed by atoms with Gasteiger partial charge in [-0.2, -0.15) is 5.10 Å². The number of carbonyl (C=O) groups excluding carboxylic acids is 1. The monoisotopic (exact) mass is 387 g/mol. The van der Waals surface area contributed by atoms with Crippen LogP contribution in [0.3, 0.4) is 0 Å². The molecule has 26 heavy (non-hydrogen) atoms. The second-order valence-corrected chi connectivity index (χ2v) is 6.58. The van der Waals surface area contributed by atoms with Crippen molar-refractivity contribution >= 4 is 29.1 Å². The van der Waals surface area contributed by atoms with Gasteiger partial charge >= 0.3 is 0 Å². The van der Waals surface area contributed by atoms with E-state index in [9.17, 15) is 4.79 Å². The fourth-order valence-electron chi connectivity index (χ4n) is 2.77. The van der Waals surface area contributed by atoms with Crippen molar-refractivity contribution in [2.45, 2.75) is 13.8 Å². The second kappa shape index (κ2) is 7.94. The van der Waals surface area contributed by atoms with Gasteiger partial charge in [0.2, 0.25) is 0 Å². The molecular weight excluding hydrogens is 369 g/mol. The minimum Gasteiger partial charge on any atom is -0.338 e. The SMILES string of the molecule is CCN(CC)C(=O)c1cc(-c2ccccc2)nn1-c1ccc(Cl)c(Cl)c1. The van der Waals surface area contributed by atoms with Crippen LogP contribution >= 0.6 is 23.2 Å². The first-order chi connectivity index (χ1) is 12.5. The highest BCUT2D eigenvalue weighted by atomic mass is 35.5. The molecule has 1 aromatic heterocycles. The van der Waals surface area contributed by atoms with E-state index in [1.807, 2.05) is 50.2 Å². The Labute approximate surface area is 163 Å². The van der Waals surface area contributed by atoms with Crippen molar-refractivity contribution in [3.63, 3.8) is 0 Å². The van der Waals surface area contributed by atoms with Crippen LogP contribution in [0.4, 0.5) is 0 Å². The molecule has 0 spiro atoms. The smallest absolute Gasteiger partial charge is 0.272 e. The van der Waals surface area contributed by atoms with E-state index in [0.29, 0.717) is 34.5 Å². The van der Waals surface area contributed by atoms with Gasteiger partial charge < -0.3 is 4.90 Å². The summed E-state index contributed by atoms with van der Waals surface area (Å²) in [6, 6.07) is 16.8. The first kappa shape index (κ1) is 18.5. The third kappa shape index (κ3) is 3.62. The van der Waals surface area contributed by atoms with Gasteiger partial charge in [-0.15, -0.1) is 0 Å². The highest BCUT2D eigenvalue weighted by molar-refractivity contribution is 6.42. The molecule has 0 aliphatic carbocycles.